The van der Waals surface area contributed by atoms with Crippen LogP contribution in [0.25, 0.3) is 0 Å². The first-order valence-electron chi connectivity index (χ1n) is 5.05. The van der Waals surface area contributed by atoms with Crippen LogP contribution in [0.5, 0.6) is 0 Å². The minimum atomic E-state index is -1.67. The van der Waals surface area contributed by atoms with E-state index in [0.29, 0.717) is 5.56 Å². The van der Waals surface area contributed by atoms with E-state index in [1.165, 1.54) is 21.1 Å². The third-order valence-electron chi connectivity index (χ3n) is 2.76. The van der Waals surface area contributed by atoms with Gasteiger partial charge in [0.2, 0.25) is 5.72 Å². The molecule has 0 aromatic heterocycles. The molecule has 1 unspecified atom stereocenters. The van der Waals surface area contributed by atoms with Gasteiger partial charge in [0.25, 0.3) is 5.91 Å². The van der Waals surface area contributed by atoms with Gasteiger partial charge in [0.15, 0.2) is 0 Å². The van der Waals surface area contributed by atoms with Crippen LogP contribution in [0.15, 0.2) is 30.3 Å². The Morgan fingerprint density at radius 2 is 1.82 bits per heavy atom. The average molecular weight is 237 g/mol. The monoisotopic (exact) mass is 237 g/mol. The number of carboxylic acids is 1. The van der Waals surface area contributed by atoms with Crippen LogP contribution in [0.4, 0.5) is 0 Å². The number of hydrogen-bond acceptors (Lipinski definition) is 3. The zero-order chi connectivity index (χ0) is 13.1. The lowest BCUT2D eigenvalue weighted by Gasteiger charge is -2.33. The summed E-state index contributed by atoms with van der Waals surface area (Å²) in [5.74, 6) is -1.62. The van der Waals surface area contributed by atoms with E-state index in [2.05, 4.69) is 0 Å². The molecule has 17 heavy (non-hydrogen) atoms. The van der Waals surface area contributed by atoms with Crippen molar-refractivity contribution in [3.05, 3.63) is 35.9 Å². The van der Waals surface area contributed by atoms with Gasteiger partial charge in [0.1, 0.15) is 0 Å². The van der Waals surface area contributed by atoms with Crippen LogP contribution in [0, 0.1) is 0 Å². The lowest BCUT2D eigenvalue weighted by molar-refractivity contribution is -0.177. The van der Waals surface area contributed by atoms with Gasteiger partial charge < -0.3 is 14.7 Å². The lowest BCUT2D eigenvalue weighted by atomic mass is 10.1. The van der Waals surface area contributed by atoms with Crippen LogP contribution in [-0.4, -0.2) is 41.8 Å². The van der Waals surface area contributed by atoms with Crippen molar-refractivity contribution >= 4 is 11.9 Å². The zero-order valence-electron chi connectivity index (χ0n) is 10.0. The van der Waals surface area contributed by atoms with Gasteiger partial charge in [-0.2, -0.15) is 0 Å². The molecule has 0 aliphatic rings. The molecule has 5 nitrogen and oxygen atoms in total. The molecule has 92 valence electrons. The molecule has 0 bridgehead atoms. The number of likely N-dealkylation sites (N-methyl/N-ethyl adjacent to an activating group) is 1. The fourth-order valence-electron chi connectivity index (χ4n) is 1.34. The minimum Gasteiger partial charge on any atom is -0.478 e. The van der Waals surface area contributed by atoms with Crippen molar-refractivity contribution in [1.29, 1.82) is 0 Å². The summed E-state index contributed by atoms with van der Waals surface area (Å²) in [5, 5.41) is 9.08. The molecule has 1 aromatic rings. The molecule has 1 atom stereocenters. The van der Waals surface area contributed by atoms with Crippen LogP contribution >= 0.6 is 0 Å². The summed E-state index contributed by atoms with van der Waals surface area (Å²) >= 11 is 0. The van der Waals surface area contributed by atoms with Crippen LogP contribution in [-0.2, 0) is 9.53 Å². The van der Waals surface area contributed by atoms with Crippen molar-refractivity contribution in [2.75, 3.05) is 14.2 Å². The van der Waals surface area contributed by atoms with E-state index in [9.17, 15) is 9.59 Å². The highest BCUT2D eigenvalue weighted by atomic mass is 16.5. The summed E-state index contributed by atoms with van der Waals surface area (Å²) in [6.07, 6.45) is 0. The Labute approximate surface area is 99.6 Å². The second-order valence-electron chi connectivity index (χ2n) is 3.72. The fraction of sp³-hybridized carbons (Fsp3) is 0.333. The first kappa shape index (κ1) is 13.2. The molecular weight excluding hydrogens is 222 g/mol. The number of benzene rings is 1. The summed E-state index contributed by atoms with van der Waals surface area (Å²) in [6, 6.07) is 8.45. The van der Waals surface area contributed by atoms with Crippen LogP contribution in [0.3, 0.4) is 0 Å². The maximum atomic E-state index is 12.0. The third-order valence-corrected chi connectivity index (χ3v) is 2.76. The van der Waals surface area contributed by atoms with E-state index in [1.807, 2.05) is 0 Å². The Kier molecular flexibility index (Phi) is 3.85. The number of carbonyl (C=O) groups excluding carboxylic acids is 1. The number of carbonyl (C=O) groups is 2. The zero-order valence-corrected chi connectivity index (χ0v) is 10.0. The van der Waals surface area contributed by atoms with Gasteiger partial charge in [0.05, 0.1) is 0 Å². The van der Waals surface area contributed by atoms with E-state index in [1.54, 1.807) is 30.3 Å². The van der Waals surface area contributed by atoms with Crippen LogP contribution in [0.2, 0.25) is 0 Å². The van der Waals surface area contributed by atoms with Gasteiger partial charge in [-0.1, -0.05) is 18.2 Å². The van der Waals surface area contributed by atoms with Crippen molar-refractivity contribution in [3.8, 4) is 0 Å². The van der Waals surface area contributed by atoms with E-state index in [4.69, 9.17) is 9.84 Å². The Bertz CT molecular complexity index is 418. The predicted octanol–water partition coefficient (Wildman–Crippen LogP) is 1.21. The number of aliphatic carboxylic acids is 1. The number of ether oxygens (including phenoxy) is 1. The fourth-order valence-corrected chi connectivity index (χ4v) is 1.34. The van der Waals surface area contributed by atoms with E-state index < -0.39 is 17.6 Å². The molecule has 5 heteroatoms. The Hall–Kier alpha value is -1.88. The quantitative estimate of drug-likeness (QED) is 0.799. The Morgan fingerprint density at radius 3 is 2.24 bits per heavy atom. The smallest absolute Gasteiger partial charge is 0.357 e. The van der Waals surface area contributed by atoms with E-state index >= 15 is 0 Å². The van der Waals surface area contributed by atoms with E-state index in [0.717, 1.165) is 4.90 Å². The summed E-state index contributed by atoms with van der Waals surface area (Å²) in [5.41, 5.74) is -1.26. The standard InChI is InChI=1S/C12H15NO4/c1-12(17-3,11(15)16)13(2)10(14)9-7-5-4-6-8-9/h4-8H,1-3H3,(H,15,16). The molecule has 0 aliphatic carbocycles. The van der Waals surface area contributed by atoms with Gasteiger partial charge in [-0.15, -0.1) is 0 Å². The van der Waals surface area contributed by atoms with Gasteiger partial charge in [0, 0.05) is 19.7 Å². The largest absolute Gasteiger partial charge is 0.478 e. The summed E-state index contributed by atoms with van der Waals surface area (Å²) in [7, 11) is 2.65. The highest BCUT2D eigenvalue weighted by Crippen LogP contribution is 2.17. The first-order valence-corrected chi connectivity index (χ1v) is 5.05. The molecule has 0 heterocycles. The van der Waals surface area contributed by atoms with Crippen molar-refractivity contribution in [3.63, 3.8) is 0 Å². The molecule has 1 aromatic carbocycles. The average Bonchev–Trinajstić information content (AvgIpc) is 2.36. The van der Waals surface area contributed by atoms with Crippen molar-refractivity contribution in [1.82, 2.24) is 4.90 Å². The molecule has 1 rings (SSSR count). The highest BCUT2D eigenvalue weighted by molar-refractivity contribution is 5.97. The number of hydrogen-bond donors (Lipinski definition) is 1. The van der Waals surface area contributed by atoms with E-state index in [-0.39, 0.29) is 0 Å². The normalized spacial score (nSPS) is 13.8. The number of methoxy groups -OCH3 is 1. The van der Waals surface area contributed by atoms with Gasteiger partial charge in [-0.25, -0.2) is 4.79 Å². The predicted molar refractivity (Wildman–Crippen MR) is 61.6 cm³/mol. The second kappa shape index (κ2) is 4.97. The van der Waals surface area contributed by atoms with Gasteiger partial charge >= 0.3 is 5.97 Å². The Balaban J connectivity index is 3.01. The molecule has 0 saturated heterocycles. The van der Waals surface area contributed by atoms with Crippen molar-refractivity contribution in [2.24, 2.45) is 0 Å². The molecule has 0 fully saturated rings. The SMILES string of the molecule is COC(C)(C(=O)O)N(C)C(=O)c1ccccc1. The molecule has 1 amide bonds. The molecule has 1 N–H and O–H groups in total. The molecule has 0 aliphatic heterocycles. The van der Waals surface area contributed by atoms with Crippen LogP contribution in [0.1, 0.15) is 17.3 Å². The topological polar surface area (TPSA) is 66.8 Å². The molecule has 0 spiro atoms. The van der Waals surface area contributed by atoms with Gasteiger partial charge in [-0.05, 0) is 19.1 Å². The molecular formula is C12H15NO4. The first-order chi connectivity index (χ1) is 7.93. The summed E-state index contributed by atoms with van der Waals surface area (Å²) in [4.78, 5) is 24.2. The maximum absolute atomic E-state index is 12.0. The number of rotatable bonds is 4. The van der Waals surface area contributed by atoms with Crippen LogP contribution < -0.4 is 0 Å². The number of amides is 1. The number of carboxylic acid groups (broad SMARTS) is 1. The maximum Gasteiger partial charge on any atom is 0.357 e. The van der Waals surface area contributed by atoms with Crippen molar-refractivity contribution in [2.45, 2.75) is 12.6 Å². The highest BCUT2D eigenvalue weighted by Gasteiger charge is 2.40. The Morgan fingerprint density at radius 1 is 1.29 bits per heavy atom. The minimum absolute atomic E-state index is 0.405. The lowest BCUT2D eigenvalue weighted by Crippen LogP contribution is -2.54. The summed E-state index contributed by atoms with van der Waals surface area (Å²) in [6.45, 7) is 1.33. The van der Waals surface area contributed by atoms with Crippen molar-refractivity contribution < 1.29 is 19.4 Å². The van der Waals surface area contributed by atoms with Gasteiger partial charge in [-0.3, -0.25) is 4.79 Å². The third kappa shape index (κ3) is 2.45. The number of nitrogens with zero attached hydrogens (tertiary/aromatic N) is 1. The second-order valence-corrected chi connectivity index (χ2v) is 3.72. The molecule has 0 saturated carbocycles. The molecule has 0 radical (unpaired) electrons. The summed E-state index contributed by atoms with van der Waals surface area (Å²) < 4.78 is 4.91.